The lowest BCUT2D eigenvalue weighted by Gasteiger charge is -2.20. The summed E-state index contributed by atoms with van der Waals surface area (Å²) in [6.07, 6.45) is 0. The highest BCUT2D eigenvalue weighted by Gasteiger charge is 2.18. The summed E-state index contributed by atoms with van der Waals surface area (Å²) < 4.78 is 0. The number of phenolic OH excluding ortho intramolecular Hbond substituents is 1. The predicted molar refractivity (Wildman–Crippen MR) is 75.2 cm³/mol. The van der Waals surface area contributed by atoms with Crippen molar-refractivity contribution in [2.45, 2.75) is 13.0 Å². The Morgan fingerprint density at radius 2 is 1.79 bits per heavy atom. The third-order valence-corrected chi connectivity index (χ3v) is 3.05. The van der Waals surface area contributed by atoms with E-state index in [1.807, 2.05) is 18.2 Å². The van der Waals surface area contributed by atoms with Crippen LogP contribution in [-0.4, -0.2) is 11.0 Å². The van der Waals surface area contributed by atoms with E-state index in [1.165, 1.54) is 6.92 Å². The molecule has 0 aliphatic carbocycles. The van der Waals surface area contributed by atoms with Crippen molar-refractivity contribution in [3.63, 3.8) is 0 Å². The summed E-state index contributed by atoms with van der Waals surface area (Å²) in [6, 6.07) is 13.7. The zero-order valence-electron chi connectivity index (χ0n) is 10.4. The van der Waals surface area contributed by atoms with E-state index in [4.69, 9.17) is 11.6 Å². The molecule has 2 N–H and O–H groups in total. The van der Waals surface area contributed by atoms with Crippen molar-refractivity contribution in [3.05, 3.63) is 64.7 Å². The molecular weight excluding hydrogens is 262 g/mol. The second kappa shape index (κ2) is 5.76. The molecule has 0 aromatic heterocycles. The first-order chi connectivity index (χ1) is 9.08. The maximum atomic E-state index is 11.4. The second-order valence-electron chi connectivity index (χ2n) is 4.24. The van der Waals surface area contributed by atoms with Crippen LogP contribution < -0.4 is 5.32 Å². The first kappa shape index (κ1) is 13.4. The molecule has 2 aromatic carbocycles. The molecule has 98 valence electrons. The molecule has 1 amide bonds. The SMILES string of the molecule is CC(=O)N[C@@H](c1ccc(Cl)cc1)c1ccccc1O. The fraction of sp³-hybridized carbons (Fsp3) is 0.133. The van der Waals surface area contributed by atoms with E-state index in [1.54, 1.807) is 30.3 Å². The molecule has 4 heteroatoms. The van der Waals surface area contributed by atoms with Crippen LogP contribution in [0.5, 0.6) is 5.75 Å². The van der Waals surface area contributed by atoms with Gasteiger partial charge in [0, 0.05) is 17.5 Å². The normalized spacial score (nSPS) is 11.9. The third kappa shape index (κ3) is 3.26. The van der Waals surface area contributed by atoms with E-state index in [9.17, 15) is 9.90 Å². The number of amides is 1. The van der Waals surface area contributed by atoms with Gasteiger partial charge in [0.2, 0.25) is 5.91 Å². The summed E-state index contributed by atoms with van der Waals surface area (Å²) in [4.78, 5) is 11.4. The molecule has 0 unspecified atom stereocenters. The number of hydrogen-bond donors (Lipinski definition) is 2. The number of carbonyl (C=O) groups excluding carboxylic acids is 1. The fourth-order valence-electron chi connectivity index (χ4n) is 1.93. The van der Waals surface area contributed by atoms with Crippen LogP contribution >= 0.6 is 11.6 Å². The van der Waals surface area contributed by atoms with Gasteiger partial charge in [-0.1, -0.05) is 41.9 Å². The molecule has 2 rings (SSSR count). The number of nitrogens with one attached hydrogen (secondary N) is 1. The number of hydrogen-bond acceptors (Lipinski definition) is 2. The summed E-state index contributed by atoms with van der Waals surface area (Å²) in [7, 11) is 0. The van der Waals surface area contributed by atoms with Gasteiger partial charge >= 0.3 is 0 Å². The van der Waals surface area contributed by atoms with Crippen LogP contribution in [0.3, 0.4) is 0 Å². The molecule has 0 saturated carbocycles. The fourth-order valence-corrected chi connectivity index (χ4v) is 2.06. The highest BCUT2D eigenvalue weighted by Crippen LogP contribution is 2.29. The van der Waals surface area contributed by atoms with Gasteiger partial charge in [0.1, 0.15) is 5.75 Å². The van der Waals surface area contributed by atoms with Crippen molar-refractivity contribution in [2.75, 3.05) is 0 Å². The number of rotatable bonds is 3. The van der Waals surface area contributed by atoms with E-state index >= 15 is 0 Å². The van der Waals surface area contributed by atoms with E-state index in [2.05, 4.69) is 5.32 Å². The first-order valence-electron chi connectivity index (χ1n) is 5.88. The van der Waals surface area contributed by atoms with Gasteiger partial charge in [-0.05, 0) is 23.8 Å². The molecule has 1 atom stereocenters. The Morgan fingerprint density at radius 3 is 2.37 bits per heavy atom. The van der Waals surface area contributed by atoms with Crippen molar-refractivity contribution in [1.82, 2.24) is 5.32 Å². The summed E-state index contributed by atoms with van der Waals surface area (Å²) in [5.41, 5.74) is 1.51. The predicted octanol–water partition coefficient (Wildman–Crippen LogP) is 3.27. The van der Waals surface area contributed by atoms with E-state index < -0.39 is 6.04 Å². The van der Waals surface area contributed by atoms with Gasteiger partial charge in [-0.2, -0.15) is 0 Å². The molecule has 0 heterocycles. The van der Waals surface area contributed by atoms with Gasteiger partial charge in [0.25, 0.3) is 0 Å². The topological polar surface area (TPSA) is 49.3 Å². The quantitative estimate of drug-likeness (QED) is 0.903. The molecule has 0 spiro atoms. The highest BCUT2D eigenvalue weighted by atomic mass is 35.5. The number of para-hydroxylation sites is 1. The summed E-state index contributed by atoms with van der Waals surface area (Å²) >= 11 is 5.86. The first-order valence-corrected chi connectivity index (χ1v) is 6.26. The minimum atomic E-state index is -0.393. The van der Waals surface area contributed by atoms with Gasteiger partial charge < -0.3 is 10.4 Å². The Kier molecular flexibility index (Phi) is 4.07. The molecule has 0 aliphatic heterocycles. The number of benzene rings is 2. The number of halogens is 1. The van der Waals surface area contributed by atoms with Crippen molar-refractivity contribution >= 4 is 17.5 Å². The highest BCUT2D eigenvalue weighted by molar-refractivity contribution is 6.30. The molecule has 0 bridgehead atoms. The third-order valence-electron chi connectivity index (χ3n) is 2.80. The van der Waals surface area contributed by atoms with Crippen molar-refractivity contribution in [3.8, 4) is 5.75 Å². The lowest BCUT2D eigenvalue weighted by Crippen LogP contribution is -2.26. The average Bonchev–Trinajstić information content (AvgIpc) is 2.38. The van der Waals surface area contributed by atoms with Crippen molar-refractivity contribution in [2.24, 2.45) is 0 Å². The Bertz CT molecular complexity index is 581. The van der Waals surface area contributed by atoms with Crippen LogP contribution in [-0.2, 0) is 4.79 Å². The lowest BCUT2D eigenvalue weighted by atomic mass is 9.98. The Hall–Kier alpha value is -2.00. The molecule has 2 aromatic rings. The smallest absolute Gasteiger partial charge is 0.217 e. The minimum Gasteiger partial charge on any atom is -0.508 e. The molecule has 0 fully saturated rings. The van der Waals surface area contributed by atoms with Gasteiger partial charge in [0.15, 0.2) is 0 Å². The van der Waals surface area contributed by atoms with E-state index in [0.717, 1.165) is 5.56 Å². The summed E-state index contributed by atoms with van der Waals surface area (Å²) in [5.74, 6) is -0.0144. The van der Waals surface area contributed by atoms with Crippen LogP contribution in [0.15, 0.2) is 48.5 Å². The molecule has 3 nitrogen and oxygen atoms in total. The number of phenols is 1. The molecule has 19 heavy (non-hydrogen) atoms. The second-order valence-corrected chi connectivity index (χ2v) is 4.68. The lowest BCUT2D eigenvalue weighted by molar-refractivity contribution is -0.119. The zero-order chi connectivity index (χ0) is 13.8. The van der Waals surface area contributed by atoms with E-state index in [-0.39, 0.29) is 11.7 Å². The van der Waals surface area contributed by atoms with Gasteiger partial charge in [-0.25, -0.2) is 0 Å². The maximum Gasteiger partial charge on any atom is 0.217 e. The molecule has 0 saturated heterocycles. The molecule has 0 aliphatic rings. The minimum absolute atomic E-state index is 0.149. The number of carbonyl (C=O) groups is 1. The summed E-state index contributed by atoms with van der Waals surface area (Å²) in [5, 5.41) is 13.4. The van der Waals surface area contributed by atoms with Crippen molar-refractivity contribution in [1.29, 1.82) is 0 Å². The standard InChI is InChI=1S/C15H14ClNO2/c1-10(18)17-15(11-6-8-12(16)9-7-11)13-4-2-3-5-14(13)19/h2-9,15,19H,1H3,(H,17,18)/t15-/m0/s1. The van der Waals surface area contributed by atoms with Gasteiger partial charge in [-0.15, -0.1) is 0 Å². The number of aromatic hydroxyl groups is 1. The average molecular weight is 276 g/mol. The maximum absolute atomic E-state index is 11.4. The molecule has 0 radical (unpaired) electrons. The van der Waals surface area contributed by atoms with Crippen LogP contribution in [0.25, 0.3) is 0 Å². The van der Waals surface area contributed by atoms with Gasteiger partial charge in [0.05, 0.1) is 6.04 Å². The Morgan fingerprint density at radius 1 is 1.16 bits per heavy atom. The summed E-state index contributed by atoms with van der Waals surface area (Å²) in [6.45, 7) is 1.45. The Balaban J connectivity index is 2.44. The van der Waals surface area contributed by atoms with E-state index in [0.29, 0.717) is 10.6 Å². The van der Waals surface area contributed by atoms with Gasteiger partial charge in [-0.3, -0.25) is 4.79 Å². The zero-order valence-corrected chi connectivity index (χ0v) is 11.2. The van der Waals surface area contributed by atoms with Crippen LogP contribution in [0, 0.1) is 0 Å². The van der Waals surface area contributed by atoms with Crippen LogP contribution in [0.1, 0.15) is 24.1 Å². The van der Waals surface area contributed by atoms with Crippen LogP contribution in [0.2, 0.25) is 5.02 Å². The largest absolute Gasteiger partial charge is 0.508 e. The molecular formula is C15H14ClNO2. The Labute approximate surface area is 116 Å². The monoisotopic (exact) mass is 275 g/mol. The van der Waals surface area contributed by atoms with Crippen LogP contribution in [0.4, 0.5) is 0 Å². The van der Waals surface area contributed by atoms with Crippen molar-refractivity contribution < 1.29 is 9.90 Å².